The highest BCUT2D eigenvalue weighted by Gasteiger charge is 2.25. The molecule has 0 bridgehead atoms. The summed E-state index contributed by atoms with van der Waals surface area (Å²) in [5.74, 6) is 0.410. The number of furan rings is 1. The van der Waals surface area contributed by atoms with Gasteiger partial charge in [-0.05, 0) is 49.4 Å². The number of aryl methyl sites for hydroxylation is 1. The summed E-state index contributed by atoms with van der Waals surface area (Å²) in [6.07, 6.45) is 6.08. The van der Waals surface area contributed by atoms with Crippen LogP contribution in [0.25, 0.3) is 0 Å². The molecule has 0 radical (unpaired) electrons. The third-order valence-electron chi connectivity index (χ3n) is 4.53. The molecule has 5 nitrogen and oxygen atoms in total. The monoisotopic (exact) mass is 346 g/mol. The number of hydrogen-bond acceptors (Lipinski definition) is 4. The van der Waals surface area contributed by atoms with E-state index >= 15 is 0 Å². The lowest BCUT2D eigenvalue weighted by molar-refractivity contribution is 0.0913. The van der Waals surface area contributed by atoms with Crippen molar-refractivity contribution in [1.29, 1.82) is 0 Å². The lowest BCUT2D eigenvalue weighted by atomic mass is 9.86. The van der Waals surface area contributed by atoms with E-state index in [9.17, 15) is 9.59 Å². The molecule has 128 valence electrons. The van der Waals surface area contributed by atoms with E-state index in [1.54, 1.807) is 12.1 Å². The predicted octanol–water partition coefficient (Wildman–Crippen LogP) is 4.21. The Morgan fingerprint density at radius 2 is 2.04 bits per heavy atom. The highest BCUT2D eigenvalue weighted by molar-refractivity contribution is 7.18. The summed E-state index contributed by atoms with van der Waals surface area (Å²) in [6.45, 7) is 4.08. The van der Waals surface area contributed by atoms with Crippen LogP contribution in [0.1, 0.15) is 58.4 Å². The lowest BCUT2D eigenvalue weighted by Gasteiger charge is -2.29. The fraction of sp³-hybridized carbons (Fsp3) is 0.444. The molecule has 1 saturated carbocycles. The van der Waals surface area contributed by atoms with E-state index in [1.807, 2.05) is 13.0 Å². The summed E-state index contributed by atoms with van der Waals surface area (Å²) in [4.78, 5) is 25.3. The van der Waals surface area contributed by atoms with Gasteiger partial charge in [-0.1, -0.05) is 19.8 Å². The topological polar surface area (TPSA) is 71.3 Å². The highest BCUT2D eigenvalue weighted by Crippen LogP contribution is 2.29. The molecule has 0 aromatic carbocycles. The SMILES string of the molecule is Cc1cc(NC(=O)c2ccco2)sc1C(=O)NC1CCCCC1C. The second-order valence-corrected chi connectivity index (χ2v) is 7.45. The number of carbonyl (C=O) groups excluding carboxylic acids is 2. The first kappa shape index (κ1) is 16.8. The first-order chi connectivity index (χ1) is 11.5. The molecule has 24 heavy (non-hydrogen) atoms. The molecule has 1 fully saturated rings. The van der Waals surface area contributed by atoms with E-state index in [-0.39, 0.29) is 23.6 Å². The van der Waals surface area contributed by atoms with Gasteiger partial charge in [0.15, 0.2) is 5.76 Å². The number of hydrogen-bond donors (Lipinski definition) is 2. The van der Waals surface area contributed by atoms with Crippen molar-refractivity contribution in [3.8, 4) is 0 Å². The fourth-order valence-corrected chi connectivity index (χ4v) is 4.09. The van der Waals surface area contributed by atoms with Crippen molar-refractivity contribution in [2.45, 2.75) is 45.6 Å². The van der Waals surface area contributed by atoms with Gasteiger partial charge in [0.2, 0.25) is 0 Å². The zero-order chi connectivity index (χ0) is 17.1. The minimum Gasteiger partial charge on any atom is -0.459 e. The molecule has 2 unspecified atom stereocenters. The highest BCUT2D eigenvalue weighted by atomic mass is 32.1. The van der Waals surface area contributed by atoms with Gasteiger partial charge < -0.3 is 15.1 Å². The van der Waals surface area contributed by atoms with Crippen LogP contribution in [0.4, 0.5) is 5.00 Å². The largest absolute Gasteiger partial charge is 0.459 e. The first-order valence-electron chi connectivity index (χ1n) is 8.30. The van der Waals surface area contributed by atoms with Gasteiger partial charge in [0.25, 0.3) is 11.8 Å². The zero-order valence-electron chi connectivity index (χ0n) is 13.9. The maximum Gasteiger partial charge on any atom is 0.291 e. The van der Waals surface area contributed by atoms with Gasteiger partial charge in [0.1, 0.15) is 0 Å². The maximum absolute atomic E-state index is 12.6. The molecule has 6 heteroatoms. The fourth-order valence-electron chi connectivity index (χ4n) is 3.12. The van der Waals surface area contributed by atoms with Crippen LogP contribution < -0.4 is 10.6 Å². The van der Waals surface area contributed by atoms with Gasteiger partial charge in [-0.2, -0.15) is 0 Å². The van der Waals surface area contributed by atoms with E-state index in [1.165, 1.54) is 36.9 Å². The number of rotatable bonds is 4. The molecule has 2 aromatic rings. The first-order valence-corrected chi connectivity index (χ1v) is 9.12. The number of nitrogens with one attached hydrogen (secondary N) is 2. The van der Waals surface area contributed by atoms with E-state index in [2.05, 4.69) is 17.6 Å². The van der Waals surface area contributed by atoms with E-state index in [4.69, 9.17) is 4.42 Å². The van der Waals surface area contributed by atoms with Crippen LogP contribution in [0.2, 0.25) is 0 Å². The predicted molar refractivity (Wildman–Crippen MR) is 94.6 cm³/mol. The standard InChI is InChI=1S/C18H22N2O3S/c1-11-6-3-4-7-13(11)19-18(22)16-12(2)10-15(24-16)20-17(21)14-8-5-9-23-14/h5,8-11,13H,3-4,6-7H2,1-2H3,(H,19,22)(H,20,21). The summed E-state index contributed by atoms with van der Waals surface area (Å²) in [7, 11) is 0. The van der Waals surface area contributed by atoms with E-state index in [0.29, 0.717) is 15.8 Å². The van der Waals surface area contributed by atoms with Crippen LogP contribution in [0, 0.1) is 12.8 Å². The van der Waals surface area contributed by atoms with Crippen LogP contribution in [-0.2, 0) is 0 Å². The second-order valence-electron chi connectivity index (χ2n) is 6.40. The molecule has 0 aliphatic heterocycles. The maximum atomic E-state index is 12.6. The van der Waals surface area contributed by atoms with Crippen LogP contribution in [0.3, 0.4) is 0 Å². The van der Waals surface area contributed by atoms with E-state index < -0.39 is 0 Å². The molecule has 1 aliphatic rings. The zero-order valence-corrected chi connectivity index (χ0v) is 14.7. The van der Waals surface area contributed by atoms with Crippen molar-refractivity contribution in [3.63, 3.8) is 0 Å². The summed E-state index contributed by atoms with van der Waals surface area (Å²) in [6, 6.07) is 5.34. The van der Waals surface area contributed by atoms with Crippen LogP contribution >= 0.6 is 11.3 Å². The van der Waals surface area contributed by atoms with Crippen LogP contribution in [0.5, 0.6) is 0 Å². The molecular weight excluding hydrogens is 324 g/mol. The van der Waals surface area contributed by atoms with Crippen molar-refractivity contribution >= 4 is 28.2 Å². The van der Waals surface area contributed by atoms with Crippen molar-refractivity contribution in [2.75, 3.05) is 5.32 Å². The number of amides is 2. The van der Waals surface area contributed by atoms with Gasteiger partial charge in [-0.15, -0.1) is 11.3 Å². The lowest BCUT2D eigenvalue weighted by Crippen LogP contribution is -2.40. The number of thiophene rings is 1. The van der Waals surface area contributed by atoms with E-state index in [0.717, 1.165) is 12.0 Å². The third-order valence-corrected chi connectivity index (χ3v) is 5.68. The smallest absolute Gasteiger partial charge is 0.291 e. The summed E-state index contributed by atoms with van der Waals surface area (Å²) >= 11 is 1.30. The third kappa shape index (κ3) is 3.70. The Labute approximate surface area is 145 Å². The minimum absolute atomic E-state index is 0.0465. The van der Waals surface area contributed by atoms with Gasteiger partial charge in [0.05, 0.1) is 16.1 Å². The molecule has 2 aromatic heterocycles. The average Bonchev–Trinajstić information content (AvgIpc) is 3.19. The van der Waals surface area contributed by atoms with Crippen LogP contribution in [-0.4, -0.2) is 17.9 Å². The summed E-state index contributed by atoms with van der Waals surface area (Å²) < 4.78 is 5.08. The van der Waals surface area contributed by atoms with Gasteiger partial charge in [0, 0.05) is 6.04 Å². The Bertz CT molecular complexity index is 721. The normalized spacial score (nSPS) is 20.6. The number of carbonyl (C=O) groups is 2. The molecule has 2 N–H and O–H groups in total. The van der Waals surface area contributed by atoms with Crippen molar-refractivity contribution < 1.29 is 14.0 Å². The van der Waals surface area contributed by atoms with Crippen molar-refractivity contribution in [1.82, 2.24) is 5.32 Å². The van der Waals surface area contributed by atoms with Gasteiger partial charge in [-0.25, -0.2) is 0 Å². The quantitative estimate of drug-likeness (QED) is 0.871. The van der Waals surface area contributed by atoms with Crippen LogP contribution in [0.15, 0.2) is 28.9 Å². The molecular formula is C18H22N2O3S. The molecule has 3 rings (SSSR count). The Balaban J connectivity index is 1.67. The van der Waals surface area contributed by atoms with Crippen molar-refractivity contribution in [2.24, 2.45) is 5.92 Å². The second kappa shape index (κ2) is 7.21. The molecule has 2 heterocycles. The summed E-state index contributed by atoms with van der Waals surface area (Å²) in [5, 5.41) is 6.59. The minimum atomic E-state index is -0.311. The summed E-state index contributed by atoms with van der Waals surface area (Å²) in [5.41, 5.74) is 0.871. The molecule has 2 atom stereocenters. The molecule has 0 saturated heterocycles. The Kier molecular flexibility index (Phi) is 5.04. The average molecular weight is 346 g/mol. The Morgan fingerprint density at radius 1 is 1.25 bits per heavy atom. The van der Waals surface area contributed by atoms with Gasteiger partial charge >= 0.3 is 0 Å². The van der Waals surface area contributed by atoms with Gasteiger partial charge in [-0.3, -0.25) is 9.59 Å². The molecule has 1 aliphatic carbocycles. The van der Waals surface area contributed by atoms with Crippen molar-refractivity contribution in [3.05, 3.63) is 40.7 Å². The Hall–Kier alpha value is -2.08. The number of anilines is 1. The molecule has 0 spiro atoms. The Morgan fingerprint density at radius 3 is 2.75 bits per heavy atom. The molecule has 2 amide bonds.